The van der Waals surface area contributed by atoms with E-state index in [1.165, 1.54) is 0 Å². The van der Waals surface area contributed by atoms with E-state index in [1.54, 1.807) is 10.2 Å². The average Bonchev–Trinajstić information content (AvgIpc) is 2.38. The number of nitrogens with one attached hydrogen (secondary N) is 2. The molecule has 10 heteroatoms. The van der Waals surface area contributed by atoms with E-state index in [0.717, 1.165) is 0 Å². The Morgan fingerprint density at radius 3 is 2.19 bits per heavy atom. The van der Waals surface area contributed by atoms with Crippen LogP contribution in [-0.2, 0) is 4.79 Å². The topological polar surface area (TPSA) is 84.9 Å². The molecule has 0 aromatic heterocycles. The van der Waals surface area contributed by atoms with Crippen molar-refractivity contribution in [2.45, 2.75) is 6.18 Å². The standard InChI is InChI=1S/C11H19F3N4O3/c12-11(13,14)8-15-10(21)16-9(20)7-18-3-1-17(2-4-18)5-6-19/h19H,1-8H2,(H2,15,16,20,21). The zero-order chi connectivity index (χ0) is 15.9. The number of alkyl halides is 3. The molecule has 3 N–H and O–H groups in total. The number of urea groups is 1. The highest BCUT2D eigenvalue weighted by atomic mass is 19.4. The predicted molar refractivity (Wildman–Crippen MR) is 67.6 cm³/mol. The number of nitrogens with zero attached hydrogens (tertiary/aromatic N) is 2. The van der Waals surface area contributed by atoms with Gasteiger partial charge in [-0.05, 0) is 0 Å². The number of rotatable bonds is 5. The van der Waals surface area contributed by atoms with Gasteiger partial charge in [-0.15, -0.1) is 0 Å². The van der Waals surface area contributed by atoms with Gasteiger partial charge in [0.25, 0.3) is 0 Å². The van der Waals surface area contributed by atoms with Crippen LogP contribution >= 0.6 is 0 Å². The lowest BCUT2D eigenvalue weighted by atomic mass is 10.3. The number of hydrogen-bond donors (Lipinski definition) is 3. The summed E-state index contributed by atoms with van der Waals surface area (Å²) in [5.41, 5.74) is 0. The molecular weight excluding hydrogens is 293 g/mol. The fraction of sp³-hybridized carbons (Fsp3) is 0.818. The number of aliphatic hydroxyl groups is 1. The van der Waals surface area contributed by atoms with Gasteiger partial charge < -0.3 is 10.4 Å². The van der Waals surface area contributed by atoms with E-state index < -0.39 is 24.7 Å². The van der Waals surface area contributed by atoms with Gasteiger partial charge in [0.2, 0.25) is 5.91 Å². The summed E-state index contributed by atoms with van der Waals surface area (Å²) < 4.78 is 35.6. The van der Waals surface area contributed by atoms with Gasteiger partial charge in [0, 0.05) is 32.7 Å². The monoisotopic (exact) mass is 312 g/mol. The minimum absolute atomic E-state index is 0.0492. The minimum atomic E-state index is -4.51. The highest BCUT2D eigenvalue weighted by Gasteiger charge is 2.28. The van der Waals surface area contributed by atoms with E-state index in [9.17, 15) is 22.8 Å². The molecule has 1 saturated heterocycles. The van der Waals surface area contributed by atoms with Crippen molar-refractivity contribution in [3.05, 3.63) is 0 Å². The summed E-state index contributed by atoms with van der Waals surface area (Å²) in [6.45, 7) is 1.68. The fourth-order valence-electron chi connectivity index (χ4n) is 1.91. The first-order valence-corrected chi connectivity index (χ1v) is 6.50. The summed E-state index contributed by atoms with van der Waals surface area (Å²) in [5, 5.41) is 12.2. The van der Waals surface area contributed by atoms with Crippen molar-refractivity contribution in [3.63, 3.8) is 0 Å². The number of carbonyl (C=O) groups excluding carboxylic acids is 2. The Morgan fingerprint density at radius 2 is 1.67 bits per heavy atom. The van der Waals surface area contributed by atoms with Crippen molar-refractivity contribution in [1.82, 2.24) is 20.4 Å². The van der Waals surface area contributed by atoms with Crippen LogP contribution in [0.5, 0.6) is 0 Å². The van der Waals surface area contributed by atoms with Crippen LogP contribution in [0.25, 0.3) is 0 Å². The summed E-state index contributed by atoms with van der Waals surface area (Å²) in [5.74, 6) is -0.648. The van der Waals surface area contributed by atoms with Crippen molar-refractivity contribution >= 4 is 11.9 Å². The summed E-state index contributed by atoms with van der Waals surface area (Å²) in [6.07, 6.45) is -4.51. The van der Waals surface area contributed by atoms with Gasteiger partial charge in [-0.2, -0.15) is 13.2 Å². The van der Waals surface area contributed by atoms with Gasteiger partial charge in [0.05, 0.1) is 13.2 Å². The molecule has 0 aliphatic carbocycles. The van der Waals surface area contributed by atoms with E-state index in [4.69, 9.17) is 5.11 Å². The molecule has 0 radical (unpaired) electrons. The molecule has 0 unspecified atom stereocenters. The molecule has 122 valence electrons. The molecule has 7 nitrogen and oxygen atoms in total. The van der Waals surface area contributed by atoms with Crippen LogP contribution in [0.3, 0.4) is 0 Å². The van der Waals surface area contributed by atoms with Crippen molar-refractivity contribution in [1.29, 1.82) is 0 Å². The smallest absolute Gasteiger partial charge is 0.395 e. The van der Waals surface area contributed by atoms with Crippen LogP contribution in [0.2, 0.25) is 0 Å². The molecule has 3 amide bonds. The number of hydrogen-bond acceptors (Lipinski definition) is 5. The van der Waals surface area contributed by atoms with Gasteiger partial charge >= 0.3 is 12.2 Å². The summed E-state index contributed by atoms with van der Waals surface area (Å²) in [7, 11) is 0. The molecule has 0 aromatic carbocycles. The normalized spacial score (nSPS) is 17.5. The molecule has 21 heavy (non-hydrogen) atoms. The molecule has 0 saturated carbocycles. The molecule has 1 rings (SSSR count). The van der Waals surface area contributed by atoms with Crippen LogP contribution in [0.15, 0.2) is 0 Å². The second-order valence-corrected chi connectivity index (χ2v) is 4.69. The first-order chi connectivity index (χ1) is 9.80. The maximum Gasteiger partial charge on any atom is 0.405 e. The summed E-state index contributed by atoms with van der Waals surface area (Å²) in [6, 6.07) is -1.16. The Kier molecular flexibility index (Phi) is 6.85. The number of halogens is 3. The Morgan fingerprint density at radius 1 is 1.10 bits per heavy atom. The van der Waals surface area contributed by atoms with Gasteiger partial charge in [0.1, 0.15) is 6.54 Å². The molecule has 1 fully saturated rings. The second kappa shape index (κ2) is 8.15. The molecule has 1 aliphatic heterocycles. The van der Waals surface area contributed by atoms with Crippen molar-refractivity contribution in [2.24, 2.45) is 0 Å². The van der Waals surface area contributed by atoms with Crippen LogP contribution in [-0.4, -0.2) is 85.4 Å². The molecule has 0 atom stereocenters. The van der Waals surface area contributed by atoms with Gasteiger partial charge in [0.15, 0.2) is 0 Å². The van der Waals surface area contributed by atoms with Crippen molar-refractivity contribution < 1.29 is 27.9 Å². The Bertz CT molecular complexity index is 357. The Labute approximate surface area is 120 Å². The Hall–Kier alpha value is -1.39. The number of piperazine rings is 1. The highest BCUT2D eigenvalue weighted by Crippen LogP contribution is 2.11. The van der Waals surface area contributed by atoms with E-state index in [-0.39, 0.29) is 13.2 Å². The van der Waals surface area contributed by atoms with Crippen LogP contribution in [0, 0.1) is 0 Å². The first-order valence-electron chi connectivity index (χ1n) is 6.50. The average molecular weight is 312 g/mol. The number of carbonyl (C=O) groups is 2. The zero-order valence-electron chi connectivity index (χ0n) is 11.4. The SMILES string of the molecule is O=C(CN1CCN(CCO)CC1)NC(=O)NCC(F)(F)F. The summed E-state index contributed by atoms with van der Waals surface area (Å²) >= 11 is 0. The number of imide groups is 1. The molecule has 1 heterocycles. The highest BCUT2D eigenvalue weighted by molar-refractivity contribution is 5.95. The zero-order valence-corrected chi connectivity index (χ0v) is 11.4. The quantitative estimate of drug-likeness (QED) is 0.605. The van der Waals surface area contributed by atoms with Crippen LogP contribution in [0.4, 0.5) is 18.0 Å². The molecule has 0 spiro atoms. The maximum atomic E-state index is 11.9. The lowest BCUT2D eigenvalue weighted by Gasteiger charge is -2.33. The van der Waals surface area contributed by atoms with Crippen LogP contribution < -0.4 is 10.6 Å². The Balaban J connectivity index is 2.21. The van der Waals surface area contributed by atoms with E-state index in [1.807, 2.05) is 10.2 Å². The van der Waals surface area contributed by atoms with Crippen molar-refractivity contribution in [2.75, 3.05) is 52.4 Å². The third kappa shape index (κ3) is 7.83. The molecule has 0 aromatic rings. The van der Waals surface area contributed by atoms with Crippen molar-refractivity contribution in [3.8, 4) is 0 Å². The van der Waals surface area contributed by atoms with E-state index in [2.05, 4.69) is 0 Å². The largest absolute Gasteiger partial charge is 0.405 e. The third-order valence-corrected chi connectivity index (χ3v) is 2.95. The third-order valence-electron chi connectivity index (χ3n) is 2.95. The summed E-state index contributed by atoms with van der Waals surface area (Å²) in [4.78, 5) is 26.4. The molecular formula is C11H19F3N4O3. The van der Waals surface area contributed by atoms with E-state index >= 15 is 0 Å². The minimum Gasteiger partial charge on any atom is -0.395 e. The second-order valence-electron chi connectivity index (χ2n) is 4.69. The van der Waals surface area contributed by atoms with Gasteiger partial charge in [-0.3, -0.25) is 19.9 Å². The fourth-order valence-corrected chi connectivity index (χ4v) is 1.91. The maximum absolute atomic E-state index is 11.9. The lowest BCUT2D eigenvalue weighted by Crippen LogP contribution is -2.51. The number of aliphatic hydroxyl groups excluding tert-OH is 1. The molecule has 0 bridgehead atoms. The van der Waals surface area contributed by atoms with E-state index in [0.29, 0.717) is 32.7 Å². The lowest BCUT2D eigenvalue weighted by molar-refractivity contribution is -0.125. The number of amides is 3. The predicted octanol–water partition coefficient (Wildman–Crippen LogP) is -1.02. The number of β-amino-alcohol motifs (C(OH)–C–C–N with tert-alkyl or cyclic N) is 1. The van der Waals surface area contributed by atoms with Gasteiger partial charge in [-0.25, -0.2) is 4.79 Å². The van der Waals surface area contributed by atoms with Gasteiger partial charge in [-0.1, -0.05) is 0 Å². The molecule has 1 aliphatic rings. The first kappa shape index (κ1) is 17.7. The van der Waals surface area contributed by atoms with Crippen LogP contribution in [0.1, 0.15) is 0 Å².